The van der Waals surface area contributed by atoms with Gasteiger partial charge in [-0.05, 0) is 41.4 Å². The number of hydrogen-bond donors (Lipinski definition) is 1. The SMILES string of the molecule is CCC(C)N(C)C(=O)c1cc(F)cc(S(N)(=O)=O)c1Br. The van der Waals surface area contributed by atoms with E-state index in [0.717, 1.165) is 18.6 Å². The van der Waals surface area contributed by atoms with Crippen LogP contribution < -0.4 is 5.14 Å². The van der Waals surface area contributed by atoms with E-state index in [0.29, 0.717) is 0 Å². The number of benzene rings is 1. The minimum Gasteiger partial charge on any atom is -0.339 e. The van der Waals surface area contributed by atoms with Crippen molar-refractivity contribution >= 4 is 31.9 Å². The molecule has 0 bridgehead atoms. The van der Waals surface area contributed by atoms with Gasteiger partial charge in [0, 0.05) is 13.1 Å². The van der Waals surface area contributed by atoms with Crippen LogP contribution in [-0.2, 0) is 10.0 Å². The van der Waals surface area contributed by atoms with Crippen LogP contribution in [0.5, 0.6) is 0 Å². The number of sulfonamides is 1. The number of hydrogen-bond acceptors (Lipinski definition) is 3. The molecule has 0 aliphatic rings. The van der Waals surface area contributed by atoms with Crippen LogP contribution in [0, 0.1) is 5.82 Å². The van der Waals surface area contributed by atoms with Crippen LogP contribution in [-0.4, -0.2) is 32.3 Å². The fraction of sp³-hybridized carbons (Fsp3) is 0.417. The maximum atomic E-state index is 13.5. The van der Waals surface area contributed by atoms with Gasteiger partial charge in [0.1, 0.15) is 5.82 Å². The minimum atomic E-state index is -4.12. The summed E-state index contributed by atoms with van der Waals surface area (Å²) in [6.07, 6.45) is 0.719. The van der Waals surface area contributed by atoms with E-state index in [9.17, 15) is 17.6 Å². The van der Waals surface area contributed by atoms with Crippen molar-refractivity contribution in [1.82, 2.24) is 4.90 Å². The van der Waals surface area contributed by atoms with Crippen molar-refractivity contribution in [3.05, 3.63) is 28.0 Å². The maximum Gasteiger partial charge on any atom is 0.255 e. The molecule has 0 fully saturated rings. The molecule has 0 aliphatic carbocycles. The van der Waals surface area contributed by atoms with Gasteiger partial charge in [-0.2, -0.15) is 0 Å². The highest BCUT2D eigenvalue weighted by molar-refractivity contribution is 9.10. The molecule has 2 N–H and O–H groups in total. The van der Waals surface area contributed by atoms with E-state index in [1.54, 1.807) is 7.05 Å². The van der Waals surface area contributed by atoms with Crippen LogP contribution >= 0.6 is 15.9 Å². The van der Waals surface area contributed by atoms with Crippen molar-refractivity contribution in [1.29, 1.82) is 0 Å². The first-order chi connectivity index (χ1) is 9.09. The molecular weight excluding hydrogens is 351 g/mol. The second kappa shape index (κ2) is 6.19. The molecule has 0 saturated heterocycles. The van der Waals surface area contributed by atoms with Gasteiger partial charge in [0.15, 0.2) is 0 Å². The second-order valence-corrected chi connectivity index (χ2v) is 6.81. The predicted octanol–water partition coefficient (Wildman–Crippen LogP) is 2.11. The number of rotatable bonds is 4. The molecule has 1 unspecified atom stereocenters. The Labute approximate surface area is 126 Å². The zero-order valence-electron chi connectivity index (χ0n) is 11.4. The molecule has 1 amide bonds. The summed E-state index contributed by atoms with van der Waals surface area (Å²) in [6.45, 7) is 3.75. The smallest absolute Gasteiger partial charge is 0.255 e. The fourth-order valence-corrected chi connectivity index (χ4v) is 3.30. The monoisotopic (exact) mass is 366 g/mol. The van der Waals surface area contributed by atoms with Crippen LogP contribution in [0.3, 0.4) is 0 Å². The Bertz CT molecular complexity index is 634. The van der Waals surface area contributed by atoms with E-state index >= 15 is 0 Å². The van der Waals surface area contributed by atoms with Crippen LogP contribution in [0.4, 0.5) is 4.39 Å². The van der Waals surface area contributed by atoms with Gasteiger partial charge < -0.3 is 4.90 Å². The first-order valence-electron chi connectivity index (χ1n) is 5.88. The lowest BCUT2D eigenvalue weighted by Gasteiger charge is -2.24. The normalized spacial score (nSPS) is 13.1. The summed E-state index contributed by atoms with van der Waals surface area (Å²) >= 11 is 3.02. The van der Waals surface area contributed by atoms with Crippen molar-refractivity contribution in [3.8, 4) is 0 Å². The molecule has 0 aliphatic heterocycles. The molecule has 1 aromatic rings. The Morgan fingerprint density at radius 2 is 2.05 bits per heavy atom. The highest BCUT2D eigenvalue weighted by Gasteiger charge is 2.24. The lowest BCUT2D eigenvalue weighted by Crippen LogP contribution is -2.35. The molecule has 1 rings (SSSR count). The van der Waals surface area contributed by atoms with E-state index in [1.165, 1.54) is 4.90 Å². The van der Waals surface area contributed by atoms with Gasteiger partial charge >= 0.3 is 0 Å². The highest BCUT2D eigenvalue weighted by Crippen LogP contribution is 2.28. The molecular formula is C12H16BrFN2O3S. The Hall–Kier alpha value is -0.990. The Kier molecular flexibility index (Phi) is 5.28. The highest BCUT2D eigenvalue weighted by atomic mass is 79.9. The van der Waals surface area contributed by atoms with Crippen molar-refractivity contribution in [3.63, 3.8) is 0 Å². The van der Waals surface area contributed by atoms with Crippen LogP contribution in [0.1, 0.15) is 30.6 Å². The third kappa shape index (κ3) is 3.56. The summed E-state index contributed by atoms with van der Waals surface area (Å²) in [5, 5.41) is 5.01. The van der Waals surface area contributed by atoms with Gasteiger partial charge in [-0.15, -0.1) is 0 Å². The molecule has 1 aromatic carbocycles. The van der Waals surface area contributed by atoms with E-state index in [-0.39, 0.29) is 16.1 Å². The molecule has 0 heterocycles. The number of carbonyl (C=O) groups excluding carboxylic acids is 1. The lowest BCUT2D eigenvalue weighted by atomic mass is 10.1. The standard InChI is InChI=1S/C12H16BrFN2O3S/c1-4-7(2)16(3)12(17)9-5-8(14)6-10(11(9)13)20(15,18)19/h5-7H,4H2,1-3H3,(H2,15,18,19). The summed E-state index contributed by atoms with van der Waals surface area (Å²) in [6, 6.07) is 1.70. The van der Waals surface area contributed by atoms with Crippen molar-refractivity contribution in [2.75, 3.05) is 7.05 Å². The number of halogens is 2. The van der Waals surface area contributed by atoms with Crippen molar-refractivity contribution in [2.45, 2.75) is 31.2 Å². The molecule has 0 aromatic heterocycles. The quantitative estimate of drug-likeness (QED) is 0.885. The maximum absolute atomic E-state index is 13.5. The molecule has 8 heteroatoms. The lowest BCUT2D eigenvalue weighted by molar-refractivity contribution is 0.0739. The van der Waals surface area contributed by atoms with E-state index < -0.39 is 26.6 Å². The van der Waals surface area contributed by atoms with Gasteiger partial charge in [0.05, 0.1) is 14.9 Å². The first-order valence-corrected chi connectivity index (χ1v) is 8.22. The summed E-state index contributed by atoms with van der Waals surface area (Å²) < 4.78 is 36.3. The van der Waals surface area contributed by atoms with Crippen LogP contribution in [0.2, 0.25) is 0 Å². The van der Waals surface area contributed by atoms with Crippen molar-refractivity contribution < 1.29 is 17.6 Å². The Balaban J connectivity index is 3.40. The number of primary sulfonamides is 1. The van der Waals surface area contributed by atoms with Crippen molar-refractivity contribution in [2.24, 2.45) is 5.14 Å². The Morgan fingerprint density at radius 1 is 1.50 bits per heavy atom. The third-order valence-corrected chi connectivity index (χ3v) is 5.17. The average Bonchev–Trinajstić information content (AvgIpc) is 2.37. The molecule has 0 spiro atoms. The van der Waals surface area contributed by atoms with Gasteiger partial charge in [-0.3, -0.25) is 4.79 Å². The predicted molar refractivity (Wildman–Crippen MR) is 77.3 cm³/mol. The summed E-state index contributed by atoms with van der Waals surface area (Å²) in [5.41, 5.74) is -0.0724. The minimum absolute atomic E-state index is 0.0263. The topological polar surface area (TPSA) is 80.5 Å². The second-order valence-electron chi connectivity index (χ2n) is 4.48. The summed E-state index contributed by atoms with van der Waals surface area (Å²) in [7, 11) is -2.55. The number of amides is 1. The zero-order chi connectivity index (χ0) is 15.7. The van der Waals surface area contributed by atoms with E-state index in [1.807, 2.05) is 13.8 Å². The zero-order valence-corrected chi connectivity index (χ0v) is 13.8. The molecule has 0 radical (unpaired) electrons. The van der Waals surface area contributed by atoms with E-state index in [4.69, 9.17) is 5.14 Å². The molecule has 112 valence electrons. The summed E-state index contributed by atoms with van der Waals surface area (Å²) in [5.74, 6) is -1.31. The van der Waals surface area contributed by atoms with Crippen LogP contribution in [0.25, 0.3) is 0 Å². The van der Waals surface area contributed by atoms with Crippen LogP contribution in [0.15, 0.2) is 21.5 Å². The number of carbonyl (C=O) groups is 1. The fourth-order valence-electron chi connectivity index (χ4n) is 1.59. The van der Waals surface area contributed by atoms with Gasteiger partial charge in [-0.1, -0.05) is 6.92 Å². The molecule has 1 atom stereocenters. The summed E-state index contributed by atoms with van der Waals surface area (Å²) in [4.78, 5) is 13.3. The van der Waals surface area contributed by atoms with E-state index in [2.05, 4.69) is 15.9 Å². The van der Waals surface area contributed by atoms with Gasteiger partial charge in [0.25, 0.3) is 5.91 Å². The molecule has 20 heavy (non-hydrogen) atoms. The number of nitrogens with two attached hydrogens (primary N) is 1. The third-order valence-electron chi connectivity index (χ3n) is 3.11. The first kappa shape index (κ1) is 17.1. The molecule has 0 saturated carbocycles. The van der Waals surface area contributed by atoms with Gasteiger partial charge in [-0.25, -0.2) is 17.9 Å². The average molecular weight is 367 g/mol. The molecule has 5 nitrogen and oxygen atoms in total. The Morgan fingerprint density at radius 3 is 2.50 bits per heavy atom. The largest absolute Gasteiger partial charge is 0.339 e. The number of nitrogens with zero attached hydrogens (tertiary/aromatic N) is 1. The van der Waals surface area contributed by atoms with Gasteiger partial charge in [0.2, 0.25) is 10.0 Å².